The van der Waals surface area contributed by atoms with Gasteiger partial charge in [0.15, 0.2) is 0 Å². The lowest BCUT2D eigenvalue weighted by atomic mass is 9.93. The maximum atomic E-state index is 13.4. The maximum absolute atomic E-state index is 13.4. The van der Waals surface area contributed by atoms with E-state index in [9.17, 15) is 9.18 Å². The van der Waals surface area contributed by atoms with Gasteiger partial charge in [0.1, 0.15) is 5.82 Å². The Balaban J connectivity index is 2.14. The standard InChI is InChI=1S/C19H21FN2O/c1-13(2)17(16-6-7-18(20)14(3)9-16)10-19(23)22-12-15-5-4-8-21-11-15/h4-11,13H,12H2,1-3H3,(H,22,23)/b17-10+. The molecule has 0 atom stereocenters. The molecule has 1 aromatic heterocycles. The number of rotatable bonds is 5. The molecule has 1 N–H and O–H groups in total. The van der Waals surface area contributed by atoms with Gasteiger partial charge in [-0.3, -0.25) is 9.78 Å². The normalized spacial score (nSPS) is 11.6. The molecule has 0 unspecified atom stereocenters. The van der Waals surface area contributed by atoms with Gasteiger partial charge in [0.05, 0.1) is 0 Å². The van der Waals surface area contributed by atoms with Crippen LogP contribution in [-0.2, 0) is 11.3 Å². The third-order valence-electron chi connectivity index (χ3n) is 3.59. The van der Waals surface area contributed by atoms with Crippen LogP contribution in [0, 0.1) is 18.7 Å². The van der Waals surface area contributed by atoms with Crippen LogP contribution in [-0.4, -0.2) is 10.9 Å². The number of carbonyl (C=O) groups is 1. The Hall–Kier alpha value is -2.49. The number of pyridine rings is 1. The molecular formula is C19H21FN2O. The predicted molar refractivity (Wildman–Crippen MR) is 90.0 cm³/mol. The summed E-state index contributed by atoms with van der Waals surface area (Å²) in [7, 11) is 0. The Morgan fingerprint density at radius 2 is 2.13 bits per heavy atom. The van der Waals surface area contributed by atoms with Crippen LogP contribution in [0.2, 0.25) is 0 Å². The minimum absolute atomic E-state index is 0.156. The van der Waals surface area contributed by atoms with Crippen LogP contribution >= 0.6 is 0 Å². The van der Waals surface area contributed by atoms with Crippen LogP contribution < -0.4 is 5.32 Å². The lowest BCUT2D eigenvalue weighted by Gasteiger charge is -2.13. The van der Waals surface area contributed by atoms with Gasteiger partial charge in [-0.25, -0.2) is 4.39 Å². The molecule has 1 heterocycles. The van der Waals surface area contributed by atoms with Gasteiger partial charge in [-0.05, 0) is 53.3 Å². The topological polar surface area (TPSA) is 42.0 Å². The van der Waals surface area contributed by atoms with Crippen LogP contribution in [0.1, 0.15) is 30.5 Å². The third-order valence-corrected chi connectivity index (χ3v) is 3.59. The second-order valence-corrected chi connectivity index (χ2v) is 5.80. The van der Waals surface area contributed by atoms with E-state index in [2.05, 4.69) is 10.3 Å². The van der Waals surface area contributed by atoms with Crippen LogP contribution in [0.3, 0.4) is 0 Å². The second-order valence-electron chi connectivity index (χ2n) is 5.80. The highest BCUT2D eigenvalue weighted by molar-refractivity contribution is 5.95. The first kappa shape index (κ1) is 16.9. The fourth-order valence-electron chi connectivity index (χ4n) is 2.29. The van der Waals surface area contributed by atoms with Crippen molar-refractivity contribution in [2.75, 3.05) is 0 Å². The number of carbonyl (C=O) groups excluding carboxylic acids is 1. The van der Waals surface area contributed by atoms with Crippen LogP contribution in [0.4, 0.5) is 4.39 Å². The fraction of sp³-hybridized carbons (Fsp3) is 0.263. The van der Waals surface area contributed by atoms with Gasteiger partial charge < -0.3 is 5.32 Å². The summed E-state index contributed by atoms with van der Waals surface area (Å²) in [4.78, 5) is 16.2. The zero-order valence-corrected chi connectivity index (χ0v) is 13.6. The van der Waals surface area contributed by atoms with Crippen LogP contribution in [0.15, 0.2) is 48.8 Å². The van der Waals surface area contributed by atoms with E-state index in [4.69, 9.17) is 0 Å². The van der Waals surface area contributed by atoms with Gasteiger partial charge in [0, 0.05) is 25.0 Å². The molecular weight excluding hydrogens is 291 g/mol. The summed E-state index contributed by atoms with van der Waals surface area (Å²) in [6.07, 6.45) is 5.00. The predicted octanol–water partition coefficient (Wildman–Crippen LogP) is 3.88. The molecule has 0 fully saturated rings. The first-order valence-electron chi connectivity index (χ1n) is 7.62. The Morgan fingerprint density at radius 1 is 1.35 bits per heavy atom. The molecule has 0 aliphatic rings. The van der Waals surface area contributed by atoms with E-state index in [0.717, 1.165) is 16.7 Å². The summed E-state index contributed by atoms with van der Waals surface area (Å²) in [5.41, 5.74) is 3.27. The molecule has 1 amide bonds. The summed E-state index contributed by atoms with van der Waals surface area (Å²) in [5.74, 6) is -0.249. The second kappa shape index (κ2) is 7.68. The van der Waals surface area contributed by atoms with E-state index in [-0.39, 0.29) is 17.6 Å². The number of benzene rings is 1. The van der Waals surface area contributed by atoms with E-state index in [1.807, 2.05) is 26.0 Å². The molecule has 2 aromatic rings. The number of aryl methyl sites for hydroxylation is 1. The van der Waals surface area contributed by atoms with E-state index < -0.39 is 0 Å². The number of aromatic nitrogens is 1. The summed E-state index contributed by atoms with van der Waals surface area (Å²) in [6, 6.07) is 8.66. The Labute approximate surface area is 136 Å². The minimum atomic E-state index is -0.238. The van der Waals surface area contributed by atoms with E-state index in [1.165, 1.54) is 6.07 Å². The molecule has 0 saturated carbocycles. The van der Waals surface area contributed by atoms with E-state index >= 15 is 0 Å². The zero-order valence-electron chi connectivity index (χ0n) is 13.6. The van der Waals surface area contributed by atoms with Gasteiger partial charge in [-0.2, -0.15) is 0 Å². The molecule has 2 rings (SSSR count). The lowest BCUT2D eigenvalue weighted by Crippen LogP contribution is -2.21. The molecule has 3 nitrogen and oxygen atoms in total. The monoisotopic (exact) mass is 312 g/mol. The molecule has 1 aromatic carbocycles. The van der Waals surface area contributed by atoms with Crippen molar-refractivity contribution in [1.29, 1.82) is 0 Å². The maximum Gasteiger partial charge on any atom is 0.244 e. The molecule has 4 heteroatoms. The third kappa shape index (κ3) is 4.74. The number of amides is 1. The zero-order chi connectivity index (χ0) is 16.8. The average Bonchev–Trinajstić information content (AvgIpc) is 2.54. The van der Waals surface area contributed by atoms with E-state index in [0.29, 0.717) is 12.1 Å². The lowest BCUT2D eigenvalue weighted by molar-refractivity contribution is -0.116. The molecule has 0 saturated heterocycles. The van der Waals surface area contributed by atoms with Crippen molar-refractivity contribution in [1.82, 2.24) is 10.3 Å². The molecule has 120 valence electrons. The number of nitrogens with one attached hydrogen (secondary N) is 1. The van der Waals surface area contributed by atoms with Crippen LogP contribution in [0.25, 0.3) is 5.57 Å². The fourth-order valence-corrected chi connectivity index (χ4v) is 2.29. The minimum Gasteiger partial charge on any atom is -0.348 e. The number of hydrogen-bond donors (Lipinski definition) is 1. The van der Waals surface area contributed by atoms with Gasteiger partial charge in [0.2, 0.25) is 5.91 Å². The van der Waals surface area contributed by atoms with Crippen molar-refractivity contribution in [2.45, 2.75) is 27.3 Å². The SMILES string of the molecule is Cc1cc(/C(=C/C(=O)NCc2cccnc2)C(C)C)ccc1F. The van der Waals surface area contributed by atoms with Gasteiger partial charge in [-0.15, -0.1) is 0 Å². The number of allylic oxidation sites excluding steroid dienone is 1. The van der Waals surface area contributed by atoms with Gasteiger partial charge in [0.25, 0.3) is 0 Å². The summed E-state index contributed by atoms with van der Waals surface area (Å²) in [6.45, 7) is 6.17. The summed E-state index contributed by atoms with van der Waals surface area (Å²) < 4.78 is 13.4. The van der Waals surface area contributed by atoms with E-state index in [1.54, 1.807) is 37.5 Å². The molecule has 0 aliphatic heterocycles. The van der Waals surface area contributed by atoms with Gasteiger partial charge >= 0.3 is 0 Å². The van der Waals surface area contributed by atoms with Crippen molar-refractivity contribution in [2.24, 2.45) is 5.92 Å². The van der Waals surface area contributed by atoms with Crippen molar-refractivity contribution in [3.05, 3.63) is 71.3 Å². The first-order valence-corrected chi connectivity index (χ1v) is 7.62. The Morgan fingerprint density at radius 3 is 2.74 bits per heavy atom. The first-order chi connectivity index (χ1) is 11.0. The Bertz CT molecular complexity index is 709. The average molecular weight is 312 g/mol. The highest BCUT2D eigenvalue weighted by Crippen LogP contribution is 2.24. The van der Waals surface area contributed by atoms with Crippen molar-refractivity contribution in [3.63, 3.8) is 0 Å². The smallest absolute Gasteiger partial charge is 0.244 e. The molecule has 0 radical (unpaired) electrons. The largest absolute Gasteiger partial charge is 0.348 e. The quantitative estimate of drug-likeness (QED) is 0.851. The number of hydrogen-bond acceptors (Lipinski definition) is 2. The van der Waals surface area contributed by atoms with Crippen molar-refractivity contribution < 1.29 is 9.18 Å². The molecule has 0 bridgehead atoms. The number of nitrogens with zero attached hydrogens (tertiary/aromatic N) is 1. The summed E-state index contributed by atoms with van der Waals surface area (Å²) in [5, 5.41) is 2.85. The van der Waals surface area contributed by atoms with Gasteiger partial charge in [-0.1, -0.05) is 26.0 Å². The highest BCUT2D eigenvalue weighted by Gasteiger charge is 2.11. The molecule has 23 heavy (non-hydrogen) atoms. The summed E-state index contributed by atoms with van der Waals surface area (Å²) >= 11 is 0. The van der Waals surface area contributed by atoms with Crippen molar-refractivity contribution >= 4 is 11.5 Å². The highest BCUT2D eigenvalue weighted by atomic mass is 19.1. The van der Waals surface area contributed by atoms with Crippen molar-refractivity contribution in [3.8, 4) is 0 Å². The number of halogens is 1. The molecule has 0 spiro atoms. The van der Waals surface area contributed by atoms with Crippen LogP contribution in [0.5, 0.6) is 0 Å². The molecule has 0 aliphatic carbocycles. The Kier molecular flexibility index (Phi) is 5.63.